The Morgan fingerprint density at radius 2 is 1.45 bits per heavy atom. The third kappa shape index (κ3) is 5.71. The van der Waals surface area contributed by atoms with Gasteiger partial charge in [-0.25, -0.2) is 14.6 Å². The zero-order valence-electron chi connectivity index (χ0n) is 13.8. The van der Waals surface area contributed by atoms with Crippen LogP contribution in [0.3, 0.4) is 0 Å². The molecule has 0 aliphatic heterocycles. The second kappa shape index (κ2) is 6.69. The van der Waals surface area contributed by atoms with Gasteiger partial charge in [-0.15, -0.1) is 0 Å². The minimum atomic E-state index is -0.799. The van der Waals surface area contributed by atoms with Gasteiger partial charge in [0.15, 0.2) is 0 Å². The number of ether oxygens (including phenoxy) is 2. The number of carbonyl (C=O) groups is 2. The number of amides is 2. The highest BCUT2D eigenvalue weighted by Gasteiger charge is 2.34. The fraction of sp³-hybridized carbons (Fsp3) is 0.643. The lowest BCUT2D eigenvalue weighted by molar-refractivity contribution is 0.0430. The number of thiazole rings is 1. The molecule has 124 valence electrons. The molecule has 0 saturated heterocycles. The zero-order valence-corrected chi connectivity index (χ0v) is 16.8. The molecule has 8 heteroatoms. The van der Waals surface area contributed by atoms with Gasteiger partial charge in [-0.1, -0.05) is 11.3 Å². The average molecular weight is 440 g/mol. The first kappa shape index (κ1) is 19.1. The van der Waals surface area contributed by atoms with Gasteiger partial charge in [-0.05, 0) is 71.1 Å². The average Bonchev–Trinajstić information content (AvgIpc) is 2.52. The van der Waals surface area contributed by atoms with E-state index in [2.05, 4.69) is 27.6 Å². The minimum Gasteiger partial charge on any atom is -0.443 e. The van der Waals surface area contributed by atoms with Gasteiger partial charge < -0.3 is 9.47 Å². The maximum absolute atomic E-state index is 12.4. The SMILES string of the molecule is Cc1nc(N(C(=O)OC(C)(C)C)C(=O)OC(C)(C)C)sc1I. The number of imide groups is 1. The molecule has 0 aliphatic carbocycles. The molecule has 1 aromatic heterocycles. The topological polar surface area (TPSA) is 68.7 Å². The van der Waals surface area contributed by atoms with E-state index < -0.39 is 23.4 Å². The Morgan fingerprint density at radius 1 is 1.05 bits per heavy atom. The van der Waals surface area contributed by atoms with Crippen LogP contribution in [0.1, 0.15) is 47.2 Å². The standard InChI is InChI=1S/C14H21IN2O4S/c1-8-9(15)22-10(16-8)17(11(18)20-13(2,3)4)12(19)21-14(5,6)7/h1-7H3. The van der Waals surface area contributed by atoms with E-state index in [1.165, 1.54) is 11.3 Å². The molecule has 1 rings (SSSR count). The first-order chi connectivity index (χ1) is 9.80. The quantitative estimate of drug-likeness (QED) is 0.591. The van der Waals surface area contributed by atoms with Gasteiger partial charge in [-0.3, -0.25) is 0 Å². The zero-order chi connectivity index (χ0) is 17.3. The summed E-state index contributed by atoms with van der Waals surface area (Å²) in [5, 5.41) is 0.241. The third-order valence-electron chi connectivity index (χ3n) is 2.07. The lowest BCUT2D eigenvalue weighted by atomic mass is 10.2. The molecule has 0 N–H and O–H groups in total. The lowest BCUT2D eigenvalue weighted by Crippen LogP contribution is -2.43. The number of halogens is 1. The molecule has 0 radical (unpaired) electrons. The molecule has 1 aromatic rings. The van der Waals surface area contributed by atoms with Crippen molar-refractivity contribution in [3.05, 3.63) is 8.58 Å². The maximum atomic E-state index is 12.4. The van der Waals surface area contributed by atoms with Crippen LogP contribution in [0.5, 0.6) is 0 Å². The van der Waals surface area contributed by atoms with E-state index in [9.17, 15) is 9.59 Å². The van der Waals surface area contributed by atoms with Crippen molar-refractivity contribution in [1.82, 2.24) is 4.98 Å². The molecule has 0 atom stereocenters. The molecule has 0 aromatic carbocycles. The summed E-state index contributed by atoms with van der Waals surface area (Å²) in [7, 11) is 0. The number of hydrogen-bond acceptors (Lipinski definition) is 6. The van der Waals surface area contributed by atoms with E-state index >= 15 is 0 Å². The number of anilines is 1. The van der Waals surface area contributed by atoms with Crippen molar-refractivity contribution in [2.45, 2.75) is 59.7 Å². The largest absolute Gasteiger partial charge is 0.443 e. The maximum Gasteiger partial charge on any atom is 0.426 e. The van der Waals surface area contributed by atoms with Gasteiger partial charge in [0.2, 0.25) is 5.13 Å². The lowest BCUT2D eigenvalue weighted by Gasteiger charge is -2.27. The van der Waals surface area contributed by atoms with Crippen LogP contribution in [0.25, 0.3) is 0 Å². The fourth-order valence-electron chi connectivity index (χ4n) is 1.31. The summed E-state index contributed by atoms with van der Waals surface area (Å²) >= 11 is 3.34. The Balaban J connectivity index is 3.15. The van der Waals surface area contributed by atoms with Crippen LogP contribution in [0.15, 0.2) is 0 Å². The number of carbonyl (C=O) groups excluding carboxylic acids is 2. The Hall–Kier alpha value is -0.900. The Kier molecular flexibility index (Phi) is 5.82. The molecular formula is C14H21IN2O4S. The van der Waals surface area contributed by atoms with Crippen LogP contribution >= 0.6 is 33.9 Å². The van der Waals surface area contributed by atoms with Gasteiger partial charge >= 0.3 is 12.2 Å². The third-order valence-corrected chi connectivity index (χ3v) is 4.44. The highest BCUT2D eigenvalue weighted by Crippen LogP contribution is 2.29. The van der Waals surface area contributed by atoms with E-state index in [1.54, 1.807) is 41.5 Å². The fourth-order valence-corrected chi connectivity index (χ4v) is 2.79. The van der Waals surface area contributed by atoms with Crippen LogP contribution in [0, 0.1) is 9.81 Å². The molecule has 0 spiro atoms. The van der Waals surface area contributed by atoms with Crippen LogP contribution in [-0.2, 0) is 9.47 Å². The Labute approximate surface area is 148 Å². The van der Waals surface area contributed by atoms with Crippen molar-refractivity contribution < 1.29 is 19.1 Å². The summed E-state index contributed by atoms with van der Waals surface area (Å²) in [5.41, 5.74) is -0.703. The summed E-state index contributed by atoms with van der Waals surface area (Å²) in [6.07, 6.45) is -1.60. The van der Waals surface area contributed by atoms with Gasteiger partial charge in [0.25, 0.3) is 0 Å². The van der Waals surface area contributed by atoms with Gasteiger partial charge in [0, 0.05) is 0 Å². The van der Waals surface area contributed by atoms with Crippen molar-refractivity contribution in [3.8, 4) is 0 Å². The monoisotopic (exact) mass is 440 g/mol. The van der Waals surface area contributed by atoms with E-state index in [1.807, 2.05) is 6.92 Å². The molecule has 0 saturated carbocycles. The molecule has 22 heavy (non-hydrogen) atoms. The van der Waals surface area contributed by atoms with E-state index in [0.29, 0.717) is 0 Å². The van der Waals surface area contributed by atoms with Crippen molar-refractivity contribution >= 4 is 51.2 Å². The molecule has 2 amide bonds. The van der Waals surface area contributed by atoms with E-state index in [-0.39, 0.29) is 5.13 Å². The smallest absolute Gasteiger partial charge is 0.426 e. The second-order valence-electron chi connectivity index (χ2n) is 6.65. The van der Waals surface area contributed by atoms with Gasteiger partial charge in [-0.2, -0.15) is 4.90 Å². The highest BCUT2D eigenvalue weighted by atomic mass is 127. The number of hydrogen-bond donors (Lipinski definition) is 0. The summed E-state index contributed by atoms with van der Waals surface area (Å²) < 4.78 is 11.5. The minimum absolute atomic E-state index is 0.241. The number of rotatable bonds is 1. The summed E-state index contributed by atoms with van der Waals surface area (Å²) in [6, 6.07) is 0. The molecule has 0 unspecified atom stereocenters. The molecule has 1 heterocycles. The number of aromatic nitrogens is 1. The number of aryl methyl sites for hydroxylation is 1. The Morgan fingerprint density at radius 3 is 1.73 bits per heavy atom. The van der Waals surface area contributed by atoms with Crippen LogP contribution in [0.2, 0.25) is 0 Å². The number of nitrogens with zero attached hydrogens (tertiary/aromatic N) is 2. The predicted octanol–water partition coefficient (Wildman–Crippen LogP) is 4.73. The van der Waals surface area contributed by atoms with Crippen LogP contribution < -0.4 is 4.90 Å². The molecule has 6 nitrogen and oxygen atoms in total. The summed E-state index contributed by atoms with van der Waals surface area (Å²) in [6.45, 7) is 12.2. The highest BCUT2D eigenvalue weighted by molar-refractivity contribution is 14.1. The normalized spacial score (nSPS) is 12.0. The Bertz CT molecular complexity index is 525. The predicted molar refractivity (Wildman–Crippen MR) is 94.5 cm³/mol. The van der Waals surface area contributed by atoms with E-state index in [0.717, 1.165) is 13.5 Å². The van der Waals surface area contributed by atoms with Crippen molar-refractivity contribution in [2.75, 3.05) is 4.90 Å². The molecule has 0 fully saturated rings. The summed E-state index contributed by atoms with van der Waals surface area (Å²) in [5.74, 6) is 0. The summed E-state index contributed by atoms with van der Waals surface area (Å²) in [4.78, 5) is 29.8. The van der Waals surface area contributed by atoms with Crippen molar-refractivity contribution in [3.63, 3.8) is 0 Å². The van der Waals surface area contributed by atoms with Crippen LogP contribution in [0.4, 0.5) is 14.7 Å². The van der Waals surface area contributed by atoms with Crippen molar-refractivity contribution in [2.24, 2.45) is 0 Å². The molecule has 0 aliphatic rings. The van der Waals surface area contributed by atoms with E-state index in [4.69, 9.17) is 9.47 Å². The first-order valence-corrected chi connectivity index (χ1v) is 8.59. The van der Waals surface area contributed by atoms with Crippen molar-refractivity contribution in [1.29, 1.82) is 0 Å². The van der Waals surface area contributed by atoms with Gasteiger partial charge in [0.1, 0.15) is 11.2 Å². The van der Waals surface area contributed by atoms with Gasteiger partial charge in [0.05, 0.1) is 8.58 Å². The van der Waals surface area contributed by atoms with Crippen LogP contribution in [-0.4, -0.2) is 28.4 Å². The molecule has 0 bridgehead atoms. The first-order valence-electron chi connectivity index (χ1n) is 6.69. The molecular weight excluding hydrogens is 419 g/mol. The second-order valence-corrected chi connectivity index (χ2v) is 9.44.